The van der Waals surface area contributed by atoms with Crippen molar-refractivity contribution < 1.29 is 14.6 Å². The number of nitrogens with zero attached hydrogens (tertiary/aromatic N) is 1. The standard InChI is InChI=1S/C13H13NO3/c1-16-10-4-6-13(17-2)11(7-10)12-5-3-9(15)8-14-12/h3-8,15H,1-2H3. The van der Waals surface area contributed by atoms with E-state index in [-0.39, 0.29) is 5.75 Å². The van der Waals surface area contributed by atoms with Crippen molar-refractivity contribution in [2.24, 2.45) is 0 Å². The maximum atomic E-state index is 9.21. The third-order valence-corrected chi connectivity index (χ3v) is 2.43. The van der Waals surface area contributed by atoms with Gasteiger partial charge >= 0.3 is 0 Å². The van der Waals surface area contributed by atoms with Gasteiger partial charge in [-0.25, -0.2) is 0 Å². The zero-order chi connectivity index (χ0) is 12.3. The average Bonchev–Trinajstić information content (AvgIpc) is 2.39. The van der Waals surface area contributed by atoms with Crippen LogP contribution in [0.3, 0.4) is 0 Å². The molecule has 88 valence electrons. The van der Waals surface area contributed by atoms with Crippen LogP contribution in [0.2, 0.25) is 0 Å². The van der Waals surface area contributed by atoms with Gasteiger partial charge in [-0.1, -0.05) is 0 Å². The minimum absolute atomic E-state index is 0.135. The van der Waals surface area contributed by atoms with Crippen LogP contribution in [-0.4, -0.2) is 24.3 Å². The van der Waals surface area contributed by atoms with Crippen molar-refractivity contribution >= 4 is 0 Å². The van der Waals surface area contributed by atoms with Crippen LogP contribution in [0.4, 0.5) is 0 Å². The maximum Gasteiger partial charge on any atom is 0.133 e. The number of aromatic hydroxyl groups is 1. The molecule has 0 unspecified atom stereocenters. The van der Waals surface area contributed by atoms with E-state index in [4.69, 9.17) is 9.47 Å². The minimum atomic E-state index is 0.135. The summed E-state index contributed by atoms with van der Waals surface area (Å²) in [6.07, 6.45) is 1.40. The summed E-state index contributed by atoms with van der Waals surface area (Å²) in [5, 5.41) is 9.21. The number of rotatable bonds is 3. The highest BCUT2D eigenvalue weighted by molar-refractivity contribution is 5.69. The summed E-state index contributed by atoms with van der Waals surface area (Å²) in [6, 6.07) is 8.80. The zero-order valence-corrected chi connectivity index (χ0v) is 9.68. The van der Waals surface area contributed by atoms with Gasteiger partial charge in [0.2, 0.25) is 0 Å². The Bertz CT molecular complexity index is 509. The zero-order valence-electron chi connectivity index (χ0n) is 9.68. The van der Waals surface area contributed by atoms with E-state index < -0.39 is 0 Å². The molecule has 0 spiro atoms. The second-order valence-electron chi connectivity index (χ2n) is 3.47. The molecular formula is C13H13NO3. The van der Waals surface area contributed by atoms with Crippen LogP contribution in [0.25, 0.3) is 11.3 Å². The third kappa shape index (κ3) is 2.30. The van der Waals surface area contributed by atoms with Crippen molar-refractivity contribution in [3.05, 3.63) is 36.5 Å². The lowest BCUT2D eigenvalue weighted by atomic mass is 10.1. The first-order valence-corrected chi connectivity index (χ1v) is 5.12. The van der Waals surface area contributed by atoms with E-state index in [0.29, 0.717) is 5.75 Å². The summed E-state index contributed by atoms with van der Waals surface area (Å²) < 4.78 is 10.4. The fraction of sp³-hybridized carbons (Fsp3) is 0.154. The van der Waals surface area contributed by atoms with Gasteiger partial charge in [0.15, 0.2) is 0 Å². The van der Waals surface area contributed by atoms with Gasteiger partial charge < -0.3 is 14.6 Å². The van der Waals surface area contributed by atoms with Crippen LogP contribution in [0.15, 0.2) is 36.5 Å². The minimum Gasteiger partial charge on any atom is -0.506 e. The maximum absolute atomic E-state index is 9.21. The van der Waals surface area contributed by atoms with E-state index >= 15 is 0 Å². The monoisotopic (exact) mass is 231 g/mol. The van der Waals surface area contributed by atoms with Gasteiger partial charge in [-0.15, -0.1) is 0 Å². The van der Waals surface area contributed by atoms with E-state index in [0.717, 1.165) is 17.0 Å². The highest BCUT2D eigenvalue weighted by atomic mass is 16.5. The van der Waals surface area contributed by atoms with E-state index in [1.807, 2.05) is 18.2 Å². The van der Waals surface area contributed by atoms with Gasteiger partial charge in [-0.3, -0.25) is 4.98 Å². The van der Waals surface area contributed by atoms with Gasteiger partial charge in [0, 0.05) is 5.56 Å². The third-order valence-electron chi connectivity index (χ3n) is 2.43. The van der Waals surface area contributed by atoms with Crippen molar-refractivity contribution in [3.8, 4) is 28.5 Å². The lowest BCUT2D eigenvalue weighted by Crippen LogP contribution is -1.91. The predicted molar refractivity (Wildman–Crippen MR) is 64.4 cm³/mol. The van der Waals surface area contributed by atoms with E-state index in [2.05, 4.69) is 4.98 Å². The number of methoxy groups -OCH3 is 2. The van der Waals surface area contributed by atoms with Gasteiger partial charge in [0.1, 0.15) is 17.2 Å². The quantitative estimate of drug-likeness (QED) is 0.881. The molecule has 4 nitrogen and oxygen atoms in total. The molecule has 1 N–H and O–H groups in total. The molecule has 0 saturated heterocycles. The molecule has 1 aromatic carbocycles. The van der Waals surface area contributed by atoms with Crippen LogP contribution in [0.1, 0.15) is 0 Å². The SMILES string of the molecule is COc1ccc(OC)c(-c2ccc(O)cn2)c1. The van der Waals surface area contributed by atoms with Crippen LogP contribution in [-0.2, 0) is 0 Å². The van der Waals surface area contributed by atoms with E-state index in [1.165, 1.54) is 6.20 Å². The lowest BCUT2D eigenvalue weighted by molar-refractivity contribution is 0.404. The number of aromatic nitrogens is 1. The molecule has 17 heavy (non-hydrogen) atoms. The van der Waals surface area contributed by atoms with Crippen molar-refractivity contribution in [2.75, 3.05) is 14.2 Å². The summed E-state index contributed by atoms with van der Waals surface area (Å²) in [4.78, 5) is 4.15. The molecule has 0 bridgehead atoms. The van der Waals surface area contributed by atoms with Crippen molar-refractivity contribution in [1.82, 2.24) is 4.98 Å². The molecular weight excluding hydrogens is 218 g/mol. The summed E-state index contributed by atoms with van der Waals surface area (Å²) in [7, 11) is 3.21. The second-order valence-corrected chi connectivity index (χ2v) is 3.47. The van der Waals surface area contributed by atoms with Crippen LogP contribution < -0.4 is 9.47 Å². The topological polar surface area (TPSA) is 51.6 Å². The predicted octanol–water partition coefficient (Wildman–Crippen LogP) is 2.47. The highest BCUT2D eigenvalue weighted by Crippen LogP contribution is 2.32. The van der Waals surface area contributed by atoms with Crippen molar-refractivity contribution in [3.63, 3.8) is 0 Å². The lowest BCUT2D eigenvalue weighted by Gasteiger charge is -2.09. The van der Waals surface area contributed by atoms with Gasteiger partial charge in [-0.05, 0) is 30.3 Å². The van der Waals surface area contributed by atoms with Gasteiger partial charge in [-0.2, -0.15) is 0 Å². The molecule has 0 aliphatic carbocycles. The number of benzene rings is 1. The van der Waals surface area contributed by atoms with Crippen LogP contribution in [0.5, 0.6) is 17.2 Å². The molecule has 4 heteroatoms. The molecule has 0 amide bonds. The first-order chi connectivity index (χ1) is 8.24. The Morgan fingerprint density at radius 2 is 1.88 bits per heavy atom. The molecule has 0 fully saturated rings. The smallest absolute Gasteiger partial charge is 0.133 e. The Morgan fingerprint density at radius 3 is 2.47 bits per heavy atom. The van der Waals surface area contributed by atoms with Crippen molar-refractivity contribution in [2.45, 2.75) is 0 Å². The first-order valence-electron chi connectivity index (χ1n) is 5.12. The van der Waals surface area contributed by atoms with E-state index in [1.54, 1.807) is 26.4 Å². The Labute approximate surface area is 99.5 Å². The second kappa shape index (κ2) is 4.74. The Balaban J connectivity index is 2.51. The summed E-state index contributed by atoms with van der Waals surface area (Å²) in [6.45, 7) is 0. The number of hydrogen-bond acceptors (Lipinski definition) is 4. The number of pyridine rings is 1. The molecule has 0 radical (unpaired) electrons. The molecule has 0 saturated carbocycles. The van der Waals surface area contributed by atoms with Gasteiger partial charge in [0.25, 0.3) is 0 Å². The Kier molecular flexibility index (Phi) is 3.14. The molecule has 0 aliphatic rings. The molecule has 0 aliphatic heterocycles. The van der Waals surface area contributed by atoms with E-state index in [9.17, 15) is 5.11 Å². The number of hydrogen-bond donors (Lipinski definition) is 1. The molecule has 2 aromatic rings. The largest absolute Gasteiger partial charge is 0.506 e. The fourth-order valence-electron chi connectivity index (χ4n) is 1.56. The highest BCUT2D eigenvalue weighted by Gasteiger charge is 2.08. The number of ether oxygens (including phenoxy) is 2. The average molecular weight is 231 g/mol. The molecule has 2 rings (SSSR count). The summed E-state index contributed by atoms with van der Waals surface area (Å²) in [5.41, 5.74) is 1.55. The summed E-state index contributed by atoms with van der Waals surface area (Å²) in [5.74, 6) is 1.58. The van der Waals surface area contributed by atoms with Gasteiger partial charge in [0.05, 0.1) is 26.1 Å². The first kappa shape index (κ1) is 11.3. The normalized spacial score (nSPS) is 10.0. The Morgan fingerprint density at radius 1 is 1.06 bits per heavy atom. The summed E-state index contributed by atoms with van der Waals surface area (Å²) >= 11 is 0. The van der Waals surface area contributed by atoms with Crippen LogP contribution in [0, 0.1) is 0 Å². The molecule has 1 aromatic heterocycles. The van der Waals surface area contributed by atoms with Crippen molar-refractivity contribution in [1.29, 1.82) is 0 Å². The fourth-order valence-corrected chi connectivity index (χ4v) is 1.56. The molecule has 0 atom stereocenters. The molecule has 1 heterocycles. The van der Waals surface area contributed by atoms with Crippen LogP contribution >= 0.6 is 0 Å². The Hall–Kier alpha value is -2.23.